The van der Waals surface area contributed by atoms with Crippen molar-refractivity contribution in [3.8, 4) is 11.5 Å². The van der Waals surface area contributed by atoms with E-state index in [1.54, 1.807) is 12.3 Å². The lowest BCUT2D eigenvalue weighted by atomic mass is 10.2. The van der Waals surface area contributed by atoms with Gasteiger partial charge in [0.05, 0.1) is 13.3 Å². The molecule has 0 bridgehead atoms. The maximum absolute atomic E-state index is 12.4. The minimum atomic E-state index is -2.01. The van der Waals surface area contributed by atoms with Gasteiger partial charge in [-0.2, -0.15) is 0 Å². The molecule has 1 amide bonds. The second kappa shape index (κ2) is 7.82. The van der Waals surface area contributed by atoms with Gasteiger partial charge in [0, 0.05) is 18.3 Å². The van der Waals surface area contributed by atoms with Crippen molar-refractivity contribution in [2.24, 2.45) is 0 Å². The molecule has 0 atom stereocenters. The fourth-order valence-corrected chi connectivity index (χ4v) is 2.13. The fraction of sp³-hybridized carbons (Fsp3) is 0.267. The van der Waals surface area contributed by atoms with Crippen molar-refractivity contribution in [1.29, 1.82) is 0 Å². The third-order valence-electron chi connectivity index (χ3n) is 3.30. The third kappa shape index (κ3) is 4.37. The highest BCUT2D eigenvalue weighted by Gasteiger charge is 2.18. The predicted molar refractivity (Wildman–Crippen MR) is 90.6 cm³/mol. The zero-order valence-corrected chi connectivity index (χ0v) is 14.0. The highest BCUT2D eigenvalue weighted by Crippen LogP contribution is 2.26. The number of amides is 1. The van der Waals surface area contributed by atoms with Gasteiger partial charge in [0.1, 0.15) is 11.3 Å². The Hall–Kier alpha value is -2.85. The molecule has 0 aliphatic carbocycles. The van der Waals surface area contributed by atoms with Crippen LogP contribution in [0.3, 0.4) is 0 Å². The maximum Gasteiger partial charge on any atom is 0.707 e. The summed E-state index contributed by atoms with van der Waals surface area (Å²) in [5.41, 5.74) is -0.455. The van der Waals surface area contributed by atoms with Crippen molar-refractivity contribution >= 4 is 19.0 Å². The normalized spacial score (nSPS) is 10.5. The summed E-state index contributed by atoms with van der Waals surface area (Å²) in [7, 11) is -0.661. The van der Waals surface area contributed by atoms with Crippen molar-refractivity contribution < 1.29 is 24.2 Å². The molecule has 0 unspecified atom stereocenters. The van der Waals surface area contributed by atoms with Gasteiger partial charge in [-0.15, -0.1) is 0 Å². The van der Waals surface area contributed by atoms with Crippen LogP contribution in [0.15, 0.2) is 35.4 Å². The first kappa shape index (κ1) is 18.5. The number of hydrogen-bond acceptors (Lipinski definition) is 7. The van der Waals surface area contributed by atoms with Crippen molar-refractivity contribution in [2.75, 3.05) is 12.4 Å². The molecule has 0 radical (unpaired) electrons. The van der Waals surface area contributed by atoms with Crippen molar-refractivity contribution in [2.45, 2.75) is 19.9 Å². The van der Waals surface area contributed by atoms with Crippen LogP contribution in [0.5, 0.6) is 11.5 Å². The van der Waals surface area contributed by atoms with Gasteiger partial charge in [-0.05, 0) is 26.0 Å². The van der Waals surface area contributed by atoms with Gasteiger partial charge in [0.2, 0.25) is 0 Å². The van der Waals surface area contributed by atoms with Crippen LogP contribution in [-0.2, 0) is 0 Å². The topological polar surface area (TPSA) is 123 Å². The van der Waals surface area contributed by atoms with Gasteiger partial charge in [0.15, 0.2) is 11.6 Å². The molecular formula is C15H18BN3O6. The van der Waals surface area contributed by atoms with Crippen LogP contribution >= 0.6 is 0 Å². The van der Waals surface area contributed by atoms with Crippen LogP contribution in [0.1, 0.15) is 30.2 Å². The zero-order valence-electron chi connectivity index (χ0n) is 14.0. The Bertz CT molecular complexity index is 821. The van der Waals surface area contributed by atoms with E-state index in [4.69, 9.17) is 14.8 Å². The third-order valence-corrected chi connectivity index (χ3v) is 3.30. The average Bonchev–Trinajstić information content (AvgIpc) is 2.55. The summed E-state index contributed by atoms with van der Waals surface area (Å²) in [5, 5.41) is 20.1. The molecule has 9 nitrogen and oxygen atoms in total. The largest absolute Gasteiger partial charge is 0.707 e. The second-order valence-corrected chi connectivity index (χ2v) is 5.35. The Morgan fingerprint density at radius 2 is 2.12 bits per heavy atom. The molecule has 2 heterocycles. The first-order chi connectivity index (χ1) is 11.8. The molecule has 132 valence electrons. The SMILES string of the molecule is COc1cc(OB(O)O)cnc1NC(=O)c1cccn(C(C)C)c1=O. The minimum absolute atomic E-state index is 0.0340. The van der Waals surface area contributed by atoms with E-state index in [-0.39, 0.29) is 28.9 Å². The summed E-state index contributed by atoms with van der Waals surface area (Å²) in [6.45, 7) is 3.67. The molecular weight excluding hydrogens is 329 g/mol. The number of aromatic nitrogens is 2. The standard InChI is InChI=1S/C15H18BN3O6/c1-9(2)19-6-4-5-11(15(19)21)14(20)18-13-12(24-3)7-10(8-17-13)25-16(22)23/h4-9,22-23H,1-3H3,(H,17,18,20). The molecule has 2 aromatic heterocycles. The molecule has 10 heteroatoms. The lowest BCUT2D eigenvalue weighted by Crippen LogP contribution is -2.29. The minimum Gasteiger partial charge on any atom is -0.511 e. The Morgan fingerprint density at radius 3 is 2.72 bits per heavy atom. The molecule has 2 rings (SSSR count). The van der Waals surface area contributed by atoms with Crippen molar-refractivity contribution in [3.63, 3.8) is 0 Å². The number of carbonyl (C=O) groups excluding carboxylic acids is 1. The molecule has 2 aromatic rings. The van der Waals surface area contributed by atoms with E-state index >= 15 is 0 Å². The Morgan fingerprint density at radius 1 is 1.40 bits per heavy atom. The molecule has 0 saturated heterocycles. The number of anilines is 1. The van der Waals surface area contributed by atoms with E-state index in [2.05, 4.69) is 15.0 Å². The smallest absolute Gasteiger partial charge is 0.511 e. The first-order valence-corrected chi connectivity index (χ1v) is 7.42. The quantitative estimate of drug-likeness (QED) is 0.648. The van der Waals surface area contributed by atoms with Gasteiger partial charge in [-0.25, -0.2) is 4.98 Å². The van der Waals surface area contributed by atoms with E-state index in [0.29, 0.717) is 0 Å². The van der Waals surface area contributed by atoms with Gasteiger partial charge in [0.25, 0.3) is 11.5 Å². The van der Waals surface area contributed by atoms with Crippen LogP contribution < -0.4 is 20.3 Å². The molecule has 25 heavy (non-hydrogen) atoms. The van der Waals surface area contributed by atoms with Crippen LogP contribution in [-0.4, -0.2) is 39.9 Å². The van der Waals surface area contributed by atoms with Gasteiger partial charge in [-0.3, -0.25) is 9.59 Å². The lowest BCUT2D eigenvalue weighted by Gasteiger charge is -2.13. The maximum atomic E-state index is 12.4. The summed E-state index contributed by atoms with van der Waals surface area (Å²) in [5.74, 6) is -0.411. The number of methoxy groups -OCH3 is 1. The number of rotatable bonds is 6. The number of hydrogen-bond donors (Lipinski definition) is 3. The van der Waals surface area contributed by atoms with Gasteiger partial charge in [-0.1, -0.05) is 0 Å². The molecule has 0 aliphatic heterocycles. The van der Waals surface area contributed by atoms with Crippen LogP contribution in [0.2, 0.25) is 0 Å². The monoisotopic (exact) mass is 347 g/mol. The van der Waals surface area contributed by atoms with Crippen LogP contribution in [0.25, 0.3) is 0 Å². The molecule has 0 spiro atoms. The Kier molecular flexibility index (Phi) is 5.78. The van der Waals surface area contributed by atoms with E-state index in [1.807, 2.05) is 13.8 Å². The number of pyridine rings is 2. The number of nitrogens with one attached hydrogen (secondary N) is 1. The molecule has 0 aromatic carbocycles. The highest BCUT2D eigenvalue weighted by atomic mass is 16.6. The second-order valence-electron chi connectivity index (χ2n) is 5.35. The number of nitrogens with zero attached hydrogens (tertiary/aromatic N) is 2. The first-order valence-electron chi connectivity index (χ1n) is 7.42. The Balaban J connectivity index is 2.29. The average molecular weight is 347 g/mol. The van der Waals surface area contributed by atoms with Gasteiger partial charge < -0.3 is 29.3 Å². The summed E-state index contributed by atoms with van der Waals surface area (Å²) >= 11 is 0. The Labute approximate surface area is 144 Å². The van der Waals surface area contributed by atoms with Crippen molar-refractivity contribution in [3.05, 3.63) is 46.5 Å². The molecule has 0 saturated carbocycles. The lowest BCUT2D eigenvalue weighted by molar-refractivity contribution is 0.102. The van der Waals surface area contributed by atoms with Crippen LogP contribution in [0, 0.1) is 0 Å². The van der Waals surface area contributed by atoms with Gasteiger partial charge >= 0.3 is 7.32 Å². The van der Waals surface area contributed by atoms with E-state index in [0.717, 1.165) is 0 Å². The summed E-state index contributed by atoms with van der Waals surface area (Å²) in [4.78, 5) is 28.7. The highest BCUT2D eigenvalue weighted by molar-refractivity contribution is 6.33. The molecule has 0 fully saturated rings. The fourth-order valence-electron chi connectivity index (χ4n) is 2.13. The summed E-state index contributed by atoms with van der Waals surface area (Å²) in [6.07, 6.45) is 2.78. The number of ether oxygens (including phenoxy) is 1. The predicted octanol–water partition coefficient (Wildman–Crippen LogP) is 0.433. The van der Waals surface area contributed by atoms with E-state index in [1.165, 1.54) is 30.0 Å². The summed E-state index contributed by atoms with van der Waals surface area (Å²) in [6, 6.07) is 4.26. The van der Waals surface area contributed by atoms with E-state index < -0.39 is 18.8 Å². The molecule has 0 aliphatic rings. The zero-order chi connectivity index (χ0) is 18.6. The summed E-state index contributed by atoms with van der Waals surface area (Å²) < 4.78 is 11.2. The van der Waals surface area contributed by atoms with Crippen molar-refractivity contribution in [1.82, 2.24) is 9.55 Å². The van der Waals surface area contributed by atoms with E-state index in [9.17, 15) is 9.59 Å². The number of carbonyl (C=O) groups is 1. The van der Waals surface area contributed by atoms with Crippen LogP contribution in [0.4, 0.5) is 5.82 Å². The molecule has 3 N–H and O–H groups in total.